The Balaban J connectivity index is 2.09. The lowest BCUT2D eigenvalue weighted by molar-refractivity contribution is -0.0295. The van der Waals surface area contributed by atoms with Gasteiger partial charge in [-0.25, -0.2) is 4.98 Å². The van der Waals surface area contributed by atoms with Gasteiger partial charge in [0.05, 0.1) is 17.4 Å². The van der Waals surface area contributed by atoms with E-state index in [0.717, 1.165) is 30.5 Å². The number of aromatic nitrogens is 2. The van der Waals surface area contributed by atoms with Gasteiger partial charge in [-0.3, -0.25) is 0 Å². The number of benzene rings is 1. The highest BCUT2D eigenvalue weighted by molar-refractivity contribution is 5.81. The monoisotopic (exact) mass is 227 g/mol. The molecule has 0 radical (unpaired) electrons. The third-order valence-corrected chi connectivity index (χ3v) is 3.19. The van der Waals surface area contributed by atoms with Crippen molar-refractivity contribution >= 4 is 11.0 Å². The van der Waals surface area contributed by atoms with E-state index in [0.29, 0.717) is 5.56 Å². The Hall–Kier alpha value is -1.86. The maximum Gasteiger partial charge on any atom is 0.135 e. The fourth-order valence-corrected chi connectivity index (χ4v) is 2.32. The van der Waals surface area contributed by atoms with Crippen LogP contribution in [-0.4, -0.2) is 16.2 Å². The number of rotatable bonds is 1. The number of ether oxygens (including phenoxy) is 1. The zero-order chi connectivity index (χ0) is 11.7. The Kier molecular flexibility index (Phi) is 2.54. The van der Waals surface area contributed by atoms with Crippen LogP contribution < -0.4 is 0 Å². The topological polar surface area (TPSA) is 50.8 Å². The zero-order valence-electron chi connectivity index (χ0n) is 9.47. The van der Waals surface area contributed by atoms with Crippen LogP contribution in [0.15, 0.2) is 24.5 Å². The molecule has 0 bridgehead atoms. The normalized spacial score (nSPS) is 20.3. The van der Waals surface area contributed by atoms with E-state index < -0.39 is 0 Å². The van der Waals surface area contributed by atoms with Crippen LogP contribution in [0.1, 0.15) is 31.1 Å². The Labute approximate surface area is 99.4 Å². The molecule has 4 heteroatoms. The highest BCUT2D eigenvalue weighted by Gasteiger charge is 2.18. The average Bonchev–Trinajstić information content (AvgIpc) is 2.83. The number of imidazole rings is 1. The predicted molar refractivity (Wildman–Crippen MR) is 63.3 cm³/mol. The van der Waals surface area contributed by atoms with Crippen molar-refractivity contribution in [1.82, 2.24) is 9.55 Å². The predicted octanol–water partition coefficient (Wildman–Crippen LogP) is 2.61. The fourth-order valence-electron chi connectivity index (χ4n) is 2.32. The summed E-state index contributed by atoms with van der Waals surface area (Å²) in [4.78, 5) is 4.33. The molecule has 0 N–H and O–H groups in total. The standard InChI is InChI=1S/C13H13N3O/c14-8-10-4-3-5-11-13(10)15-9-16(11)12-6-1-2-7-17-12/h3-5,9,12H,1-2,6-7H2. The molecule has 1 fully saturated rings. The summed E-state index contributed by atoms with van der Waals surface area (Å²) in [7, 11) is 0. The van der Waals surface area contributed by atoms with Gasteiger partial charge >= 0.3 is 0 Å². The molecule has 1 aromatic heterocycles. The van der Waals surface area contributed by atoms with Crippen molar-refractivity contribution in [1.29, 1.82) is 5.26 Å². The van der Waals surface area contributed by atoms with E-state index in [2.05, 4.69) is 11.1 Å². The van der Waals surface area contributed by atoms with Crippen molar-refractivity contribution < 1.29 is 4.74 Å². The minimum absolute atomic E-state index is 0.0719. The van der Waals surface area contributed by atoms with Crippen LogP contribution in [0.3, 0.4) is 0 Å². The van der Waals surface area contributed by atoms with E-state index in [9.17, 15) is 0 Å². The third-order valence-electron chi connectivity index (χ3n) is 3.19. The minimum atomic E-state index is 0.0719. The van der Waals surface area contributed by atoms with E-state index in [1.54, 1.807) is 12.4 Å². The number of para-hydroxylation sites is 1. The van der Waals surface area contributed by atoms with Gasteiger partial charge in [-0.15, -0.1) is 0 Å². The van der Waals surface area contributed by atoms with Crippen molar-refractivity contribution in [3.63, 3.8) is 0 Å². The maximum atomic E-state index is 9.02. The summed E-state index contributed by atoms with van der Waals surface area (Å²) in [6, 6.07) is 7.84. The lowest BCUT2D eigenvalue weighted by atomic mass is 10.1. The van der Waals surface area contributed by atoms with Gasteiger partial charge in [0.1, 0.15) is 17.8 Å². The van der Waals surface area contributed by atoms with Crippen LogP contribution in [0.4, 0.5) is 0 Å². The van der Waals surface area contributed by atoms with Crippen LogP contribution in [0.25, 0.3) is 11.0 Å². The number of hydrogen-bond acceptors (Lipinski definition) is 3. The van der Waals surface area contributed by atoms with Gasteiger partial charge in [0.2, 0.25) is 0 Å². The zero-order valence-corrected chi connectivity index (χ0v) is 9.47. The van der Waals surface area contributed by atoms with Crippen molar-refractivity contribution in [2.75, 3.05) is 6.61 Å². The van der Waals surface area contributed by atoms with Crippen LogP contribution in [0.5, 0.6) is 0 Å². The second-order valence-electron chi connectivity index (χ2n) is 4.26. The summed E-state index contributed by atoms with van der Waals surface area (Å²) in [5.41, 5.74) is 2.37. The summed E-state index contributed by atoms with van der Waals surface area (Å²) < 4.78 is 7.78. The molecule has 0 amide bonds. The van der Waals surface area contributed by atoms with Gasteiger partial charge in [0.25, 0.3) is 0 Å². The number of nitrogens with zero attached hydrogens (tertiary/aromatic N) is 3. The quantitative estimate of drug-likeness (QED) is 0.752. The molecule has 1 atom stereocenters. The molecule has 0 aliphatic carbocycles. The molecule has 1 saturated heterocycles. The van der Waals surface area contributed by atoms with E-state index >= 15 is 0 Å². The van der Waals surface area contributed by atoms with Crippen molar-refractivity contribution in [3.8, 4) is 6.07 Å². The molecule has 2 heterocycles. The smallest absolute Gasteiger partial charge is 0.135 e. The fraction of sp³-hybridized carbons (Fsp3) is 0.385. The van der Waals surface area contributed by atoms with Crippen LogP contribution in [0.2, 0.25) is 0 Å². The summed E-state index contributed by atoms with van der Waals surface area (Å²) in [5, 5.41) is 9.02. The van der Waals surface area contributed by atoms with E-state index in [1.165, 1.54) is 6.42 Å². The molecule has 1 aliphatic heterocycles. The summed E-state index contributed by atoms with van der Waals surface area (Å²) >= 11 is 0. The van der Waals surface area contributed by atoms with Crippen molar-refractivity contribution in [2.45, 2.75) is 25.5 Å². The van der Waals surface area contributed by atoms with Gasteiger partial charge in [-0.2, -0.15) is 5.26 Å². The Morgan fingerprint density at radius 2 is 2.35 bits per heavy atom. The first-order valence-electron chi connectivity index (χ1n) is 5.87. The molecule has 0 spiro atoms. The molecular formula is C13H13N3O. The van der Waals surface area contributed by atoms with Crippen molar-refractivity contribution in [3.05, 3.63) is 30.1 Å². The Bertz CT molecular complexity index is 576. The molecule has 4 nitrogen and oxygen atoms in total. The lowest BCUT2D eigenvalue weighted by Gasteiger charge is -2.24. The summed E-state index contributed by atoms with van der Waals surface area (Å²) in [6.07, 6.45) is 5.18. The molecule has 1 aliphatic rings. The largest absolute Gasteiger partial charge is 0.358 e. The Morgan fingerprint density at radius 3 is 3.12 bits per heavy atom. The third kappa shape index (κ3) is 1.69. The van der Waals surface area contributed by atoms with Crippen LogP contribution >= 0.6 is 0 Å². The maximum absolute atomic E-state index is 9.02. The average molecular weight is 227 g/mol. The first-order valence-corrected chi connectivity index (χ1v) is 5.87. The number of hydrogen-bond donors (Lipinski definition) is 0. The lowest BCUT2D eigenvalue weighted by Crippen LogP contribution is -2.17. The second-order valence-corrected chi connectivity index (χ2v) is 4.26. The molecule has 2 aromatic rings. The molecule has 0 saturated carbocycles. The SMILES string of the molecule is N#Cc1cccc2c1ncn2C1CCCCO1. The van der Waals surface area contributed by atoms with Gasteiger partial charge in [0.15, 0.2) is 0 Å². The number of fused-ring (bicyclic) bond motifs is 1. The highest BCUT2D eigenvalue weighted by Crippen LogP contribution is 2.27. The molecule has 1 unspecified atom stereocenters. The first kappa shape index (κ1) is 10.3. The van der Waals surface area contributed by atoms with Crippen LogP contribution in [0, 0.1) is 11.3 Å². The van der Waals surface area contributed by atoms with Crippen LogP contribution in [-0.2, 0) is 4.74 Å². The van der Waals surface area contributed by atoms with Gasteiger partial charge in [0, 0.05) is 6.61 Å². The molecule has 86 valence electrons. The summed E-state index contributed by atoms with van der Waals surface area (Å²) in [5.74, 6) is 0. The highest BCUT2D eigenvalue weighted by atomic mass is 16.5. The molecular weight excluding hydrogens is 214 g/mol. The van der Waals surface area contributed by atoms with E-state index in [1.807, 2.05) is 16.7 Å². The molecule has 3 rings (SSSR count). The van der Waals surface area contributed by atoms with Gasteiger partial charge < -0.3 is 9.30 Å². The first-order chi connectivity index (χ1) is 8.40. The summed E-state index contributed by atoms with van der Waals surface area (Å²) in [6.45, 7) is 0.808. The minimum Gasteiger partial charge on any atom is -0.358 e. The Morgan fingerprint density at radius 1 is 1.41 bits per heavy atom. The van der Waals surface area contributed by atoms with E-state index in [-0.39, 0.29) is 6.23 Å². The molecule has 17 heavy (non-hydrogen) atoms. The van der Waals surface area contributed by atoms with Gasteiger partial charge in [-0.1, -0.05) is 6.07 Å². The van der Waals surface area contributed by atoms with Gasteiger partial charge in [-0.05, 0) is 31.4 Å². The molecule has 1 aromatic carbocycles. The van der Waals surface area contributed by atoms with Crippen molar-refractivity contribution in [2.24, 2.45) is 0 Å². The van der Waals surface area contributed by atoms with E-state index in [4.69, 9.17) is 10.00 Å². The second kappa shape index (κ2) is 4.19. The number of nitriles is 1.